The van der Waals surface area contributed by atoms with E-state index in [0.717, 1.165) is 13.0 Å². The van der Waals surface area contributed by atoms with Gasteiger partial charge < -0.3 is 14.7 Å². The number of aromatic carboxylic acids is 1. The van der Waals surface area contributed by atoms with E-state index in [-0.39, 0.29) is 11.7 Å². The van der Waals surface area contributed by atoms with Gasteiger partial charge in [0.2, 0.25) is 0 Å². The Hall–Kier alpha value is -1.26. The summed E-state index contributed by atoms with van der Waals surface area (Å²) in [6, 6.07) is 4.87. The first kappa shape index (κ1) is 13.2. The molecule has 1 N–H and O–H groups in total. The number of nitrogens with zero attached hydrogens (tertiary/aromatic N) is 1. The van der Waals surface area contributed by atoms with E-state index in [9.17, 15) is 9.90 Å². The van der Waals surface area contributed by atoms with Crippen LogP contribution in [0, 0.1) is 0 Å². The third-order valence-electron chi connectivity index (χ3n) is 2.98. The van der Waals surface area contributed by atoms with Gasteiger partial charge in [0.05, 0.1) is 17.4 Å². The topological polar surface area (TPSA) is 49.8 Å². The van der Waals surface area contributed by atoms with E-state index >= 15 is 0 Å². The molecule has 0 amide bonds. The molecule has 1 fully saturated rings. The van der Waals surface area contributed by atoms with Crippen LogP contribution in [0.25, 0.3) is 0 Å². The van der Waals surface area contributed by atoms with Crippen molar-refractivity contribution in [3.63, 3.8) is 0 Å². The van der Waals surface area contributed by atoms with Crippen molar-refractivity contribution < 1.29 is 14.6 Å². The van der Waals surface area contributed by atoms with Crippen molar-refractivity contribution in [2.24, 2.45) is 0 Å². The Bertz CT molecular complexity index is 450. The highest BCUT2D eigenvalue weighted by atomic mass is 35.5. The largest absolute Gasteiger partial charge is 0.478 e. The van der Waals surface area contributed by atoms with Gasteiger partial charge in [0.1, 0.15) is 0 Å². The van der Waals surface area contributed by atoms with E-state index in [0.29, 0.717) is 23.9 Å². The minimum Gasteiger partial charge on any atom is -0.478 e. The molecule has 1 saturated heterocycles. The summed E-state index contributed by atoms with van der Waals surface area (Å²) >= 11 is 5.97. The molecule has 1 aromatic carbocycles. The van der Waals surface area contributed by atoms with Gasteiger partial charge in [-0.3, -0.25) is 0 Å². The Kier molecular flexibility index (Phi) is 4.09. The molecule has 0 aliphatic carbocycles. The number of hydrogen-bond donors (Lipinski definition) is 1. The number of rotatable bonds is 2. The van der Waals surface area contributed by atoms with E-state index < -0.39 is 5.97 Å². The van der Waals surface area contributed by atoms with Crippen molar-refractivity contribution >= 4 is 23.3 Å². The highest BCUT2D eigenvalue weighted by Crippen LogP contribution is 2.26. The number of anilines is 1. The first-order valence-electron chi connectivity index (χ1n) is 5.97. The second-order valence-corrected chi connectivity index (χ2v) is 4.88. The third kappa shape index (κ3) is 2.94. The fourth-order valence-corrected chi connectivity index (χ4v) is 2.33. The van der Waals surface area contributed by atoms with Crippen molar-refractivity contribution in [1.29, 1.82) is 0 Å². The van der Waals surface area contributed by atoms with Crippen molar-refractivity contribution in [2.75, 3.05) is 24.6 Å². The second kappa shape index (κ2) is 5.59. The van der Waals surface area contributed by atoms with Crippen molar-refractivity contribution in [1.82, 2.24) is 0 Å². The van der Waals surface area contributed by atoms with Gasteiger partial charge in [-0.15, -0.1) is 0 Å². The molecule has 1 aromatic rings. The normalized spacial score (nSPS) is 20.6. The summed E-state index contributed by atoms with van der Waals surface area (Å²) < 4.78 is 5.56. The standard InChI is InChI=1S/C13H16ClNO3/c1-9-8-15(5-2-6-18-9)12-7-10(14)3-4-11(12)13(16)17/h3-4,7,9H,2,5-6,8H2,1H3,(H,16,17). The zero-order valence-corrected chi connectivity index (χ0v) is 11.0. The third-order valence-corrected chi connectivity index (χ3v) is 3.22. The summed E-state index contributed by atoms with van der Waals surface area (Å²) in [7, 11) is 0. The molecule has 18 heavy (non-hydrogen) atoms. The molecule has 1 unspecified atom stereocenters. The van der Waals surface area contributed by atoms with Crippen LogP contribution in [0.15, 0.2) is 18.2 Å². The Morgan fingerprint density at radius 1 is 1.56 bits per heavy atom. The zero-order valence-electron chi connectivity index (χ0n) is 10.2. The predicted octanol–water partition coefficient (Wildman–Crippen LogP) is 2.65. The van der Waals surface area contributed by atoms with Crippen LogP contribution in [0.4, 0.5) is 5.69 Å². The Morgan fingerprint density at radius 2 is 2.33 bits per heavy atom. The SMILES string of the molecule is CC1CN(c2cc(Cl)ccc2C(=O)O)CCCO1. The lowest BCUT2D eigenvalue weighted by Crippen LogP contribution is -2.31. The minimum absolute atomic E-state index is 0.0909. The molecule has 5 heteroatoms. The summed E-state index contributed by atoms with van der Waals surface area (Å²) in [6.07, 6.45) is 0.976. The van der Waals surface area contributed by atoms with Gasteiger partial charge >= 0.3 is 5.97 Å². The van der Waals surface area contributed by atoms with Gasteiger partial charge in [-0.1, -0.05) is 11.6 Å². The number of carbonyl (C=O) groups is 1. The van der Waals surface area contributed by atoms with E-state index in [2.05, 4.69) is 0 Å². The lowest BCUT2D eigenvalue weighted by molar-refractivity contribution is 0.0696. The van der Waals surface area contributed by atoms with Crippen LogP contribution in [0.1, 0.15) is 23.7 Å². The predicted molar refractivity (Wildman–Crippen MR) is 70.7 cm³/mol. The number of carboxylic acid groups (broad SMARTS) is 1. The van der Waals surface area contributed by atoms with Gasteiger partial charge in [0, 0.05) is 24.7 Å². The fraction of sp³-hybridized carbons (Fsp3) is 0.462. The van der Waals surface area contributed by atoms with Crippen LogP contribution < -0.4 is 4.90 Å². The van der Waals surface area contributed by atoms with Gasteiger partial charge in [0.25, 0.3) is 0 Å². The van der Waals surface area contributed by atoms with Crippen LogP contribution in [0.5, 0.6) is 0 Å². The Morgan fingerprint density at radius 3 is 3.06 bits per heavy atom. The van der Waals surface area contributed by atoms with E-state index in [4.69, 9.17) is 16.3 Å². The molecule has 0 saturated carbocycles. The molecule has 2 rings (SSSR count). The molecule has 98 valence electrons. The summed E-state index contributed by atoms with van der Waals surface area (Å²) in [6.45, 7) is 4.16. The Balaban J connectivity index is 2.35. The number of carboxylic acids is 1. The second-order valence-electron chi connectivity index (χ2n) is 4.45. The summed E-state index contributed by atoms with van der Waals surface area (Å²) in [5.41, 5.74) is 0.959. The Labute approximate surface area is 111 Å². The molecule has 0 radical (unpaired) electrons. The summed E-state index contributed by atoms with van der Waals surface area (Å²) in [5.74, 6) is -0.931. The van der Waals surface area contributed by atoms with Crippen LogP contribution >= 0.6 is 11.6 Å². The fourth-order valence-electron chi connectivity index (χ4n) is 2.16. The van der Waals surface area contributed by atoms with Crippen molar-refractivity contribution in [2.45, 2.75) is 19.4 Å². The number of benzene rings is 1. The van der Waals surface area contributed by atoms with Crippen molar-refractivity contribution in [3.05, 3.63) is 28.8 Å². The van der Waals surface area contributed by atoms with E-state index in [1.165, 1.54) is 0 Å². The number of halogens is 1. The first-order valence-corrected chi connectivity index (χ1v) is 6.35. The van der Waals surface area contributed by atoms with E-state index in [1.54, 1.807) is 18.2 Å². The van der Waals surface area contributed by atoms with Crippen molar-refractivity contribution in [3.8, 4) is 0 Å². The molecule has 1 atom stereocenters. The molecule has 1 heterocycles. The minimum atomic E-state index is -0.931. The molecule has 4 nitrogen and oxygen atoms in total. The highest BCUT2D eigenvalue weighted by molar-refractivity contribution is 6.31. The van der Waals surface area contributed by atoms with Crippen LogP contribution in [0.2, 0.25) is 5.02 Å². The summed E-state index contributed by atoms with van der Waals surface area (Å²) in [4.78, 5) is 13.3. The lowest BCUT2D eigenvalue weighted by Gasteiger charge is -2.26. The van der Waals surface area contributed by atoms with Gasteiger partial charge in [-0.2, -0.15) is 0 Å². The van der Waals surface area contributed by atoms with E-state index in [1.807, 2.05) is 11.8 Å². The lowest BCUT2D eigenvalue weighted by atomic mass is 10.1. The quantitative estimate of drug-likeness (QED) is 0.897. The molecule has 0 aromatic heterocycles. The van der Waals surface area contributed by atoms with Gasteiger partial charge in [0.15, 0.2) is 0 Å². The molecular weight excluding hydrogens is 254 g/mol. The van der Waals surface area contributed by atoms with Gasteiger partial charge in [-0.05, 0) is 31.5 Å². The zero-order chi connectivity index (χ0) is 13.1. The molecule has 1 aliphatic rings. The highest BCUT2D eigenvalue weighted by Gasteiger charge is 2.20. The smallest absolute Gasteiger partial charge is 0.337 e. The monoisotopic (exact) mass is 269 g/mol. The molecule has 1 aliphatic heterocycles. The number of ether oxygens (including phenoxy) is 1. The van der Waals surface area contributed by atoms with Crippen LogP contribution in [0.3, 0.4) is 0 Å². The maximum Gasteiger partial charge on any atom is 0.337 e. The van der Waals surface area contributed by atoms with Crippen LogP contribution in [-0.4, -0.2) is 36.9 Å². The van der Waals surface area contributed by atoms with Gasteiger partial charge in [-0.25, -0.2) is 4.79 Å². The number of hydrogen-bond acceptors (Lipinski definition) is 3. The summed E-state index contributed by atoms with van der Waals surface area (Å²) in [5, 5.41) is 9.77. The maximum atomic E-state index is 11.2. The molecular formula is C13H16ClNO3. The first-order chi connectivity index (χ1) is 8.58. The maximum absolute atomic E-state index is 11.2. The average molecular weight is 270 g/mol. The average Bonchev–Trinajstić information content (AvgIpc) is 2.53. The molecule has 0 spiro atoms. The molecule has 0 bridgehead atoms. The van der Waals surface area contributed by atoms with Crippen LogP contribution in [-0.2, 0) is 4.74 Å².